The Kier molecular flexibility index (Phi) is 5.17. The Balaban J connectivity index is 2.89. The van der Waals surface area contributed by atoms with Crippen LogP contribution in [0.1, 0.15) is 23.9 Å². The predicted octanol–water partition coefficient (Wildman–Crippen LogP) is 3.07. The molecular formula is C18H21N3O3. The van der Waals surface area contributed by atoms with E-state index < -0.39 is 0 Å². The molecule has 0 aliphatic rings. The summed E-state index contributed by atoms with van der Waals surface area (Å²) in [6, 6.07) is 5.81. The molecule has 0 spiro atoms. The zero-order valence-corrected chi connectivity index (χ0v) is 14.3. The largest absolute Gasteiger partial charge is 0.493 e. The fourth-order valence-corrected chi connectivity index (χ4v) is 2.81. The van der Waals surface area contributed by atoms with Gasteiger partial charge >= 0.3 is 0 Å². The maximum absolute atomic E-state index is 9.42. The van der Waals surface area contributed by atoms with Gasteiger partial charge in [-0.15, -0.1) is 0 Å². The summed E-state index contributed by atoms with van der Waals surface area (Å²) in [4.78, 5) is 3.07. The van der Waals surface area contributed by atoms with Crippen molar-refractivity contribution in [3.8, 4) is 34.4 Å². The summed E-state index contributed by atoms with van der Waals surface area (Å²) in [6.45, 7) is 6.08. The number of nitrogens with two attached hydrogens (primary N) is 1. The lowest BCUT2D eigenvalue weighted by molar-refractivity contribution is 0.325. The number of rotatable bonds is 6. The topological polar surface area (TPSA) is 93.3 Å². The first-order valence-corrected chi connectivity index (χ1v) is 7.34. The number of allylic oxidation sites excluding steroid dienone is 1. The molecule has 2 rings (SSSR count). The maximum atomic E-state index is 9.42. The van der Waals surface area contributed by atoms with Crippen molar-refractivity contribution < 1.29 is 14.2 Å². The normalized spacial score (nSPS) is 10.2. The van der Waals surface area contributed by atoms with Crippen LogP contribution in [0.4, 0.5) is 0 Å². The minimum absolute atomic E-state index is 0.245. The summed E-state index contributed by atoms with van der Waals surface area (Å²) in [5, 5.41) is 9.42. The quantitative estimate of drug-likeness (QED) is 0.850. The van der Waals surface area contributed by atoms with Crippen molar-refractivity contribution in [3.05, 3.63) is 35.7 Å². The van der Waals surface area contributed by atoms with Gasteiger partial charge in [-0.3, -0.25) is 0 Å². The number of hydrogen-bond acceptors (Lipinski definition) is 5. The molecule has 3 N–H and O–H groups in total. The molecule has 0 fully saturated rings. The average Bonchev–Trinajstić information content (AvgIpc) is 2.98. The van der Waals surface area contributed by atoms with E-state index >= 15 is 0 Å². The van der Waals surface area contributed by atoms with Gasteiger partial charge in [-0.2, -0.15) is 5.26 Å². The fourth-order valence-electron chi connectivity index (χ4n) is 2.81. The Morgan fingerprint density at radius 1 is 1.21 bits per heavy atom. The van der Waals surface area contributed by atoms with Crippen molar-refractivity contribution in [1.29, 1.82) is 5.26 Å². The summed E-state index contributed by atoms with van der Waals surface area (Å²) in [5.74, 6) is 1.55. The number of ether oxygens (including phenoxy) is 3. The number of methoxy groups -OCH3 is 3. The van der Waals surface area contributed by atoms with Crippen LogP contribution >= 0.6 is 0 Å². The molecule has 24 heavy (non-hydrogen) atoms. The SMILES string of the molecule is C=C(C)c1c(C#N)[nH]c(CN)c1-c1ccc(OC)c(OC)c1OC. The van der Waals surface area contributed by atoms with E-state index in [2.05, 4.69) is 17.6 Å². The van der Waals surface area contributed by atoms with Crippen LogP contribution in [0.25, 0.3) is 16.7 Å². The third-order valence-electron chi connectivity index (χ3n) is 3.79. The summed E-state index contributed by atoms with van der Waals surface area (Å²) >= 11 is 0. The number of hydrogen-bond donors (Lipinski definition) is 2. The van der Waals surface area contributed by atoms with Gasteiger partial charge in [0.1, 0.15) is 11.8 Å². The highest BCUT2D eigenvalue weighted by Gasteiger charge is 2.24. The van der Waals surface area contributed by atoms with Crippen molar-refractivity contribution in [2.75, 3.05) is 21.3 Å². The zero-order valence-electron chi connectivity index (χ0n) is 14.3. The fraction of sp³-hybridized carbons (Fsp3) is 0.278. The van der Waals surface area contributed by atoms with E-state index in [1.54, 1.807) is 27.4 Å². The zero-order chi connectivity index (χ0) is 17.9. The van der Waals surface area contributed by atoms with Crippen LogP contribution < -0.4 is 19.9 Å². The van der Waals surface area contributed by atoms with Gasteiger partial charge in [-0.1, -0.05) is 6.58 Å². The number of H-pyrrole nitrogens is 1. The molecule has 126 valence electrons. The lowest BCUT2D eigenvalue weighted by Gasteiger charge is -2.17. The molecule has 0 aliphatic carbocycles. The number of benzene rings is 1. The Morgan fingerprint density at radius 2 is 1.88 bits per heavy atom. The molecule has 0 atom stereocenters. The molecule has 0 amide bonds. The van der Waals surface area contributed by atoms with Gasteiger partial charge in [-0.25, -0.2) is 0 Å². The van der Waals surface area contributed by atoms with Crippen molar-refractivity contribution in [2.24, 2.45) is 5.73 Å². The van der Waals surface area contributed by atoms with E-state index in [1.807, 2.05) is 13.0 Å². The van der Waals surface area contributed by atoms with Gasteiger partial charge in [0.25, 0.3) is 0 Å². The van der Waals surface area contributed by atoms with E-state index in [0.29, 0.717) is 22.9 Å². The molecular weight excluding hydrogens is 306 g/mol. The van der Waals surface area contributed by atoms with Crippen molar-refractivity contribution in [1.82, 2.24) is 4.98 Å². The number of nitrogens with zero attached hydrogens (tertiary/aromatic N) is 1. The third kappa shape index (κ3) is 2.70. The van der Waals surface area contributed by atoms with Crippen LogP contribution in [0.5, 0.6) is 17.2 Å². The minimum atomic E-state index is 0.245. The standard InChI is InChI=1S/C18H21N3O3/c1-10(2)15-12(8-19)21-13(9-20)16(15)11-6-7-14(22-3)18(24-5)17(11)23-4/h6-7,21H,1,9,20H2,2-5H3. The average molecular weight is 327 g/mol. The first kappa shape index (κ1) is 17.4. The van der Waals surface area contributed by atoms with E-state index in [-0.39, 0.29) is 6.54 Å². The van der Waals surface area contributed by atoms with E-state index in [9.17, 15) is 5.26 Å². The maximum Gasteiger partial charge on any atom is 0.203 e. The molecule has 0 saturated heterocycles. The molecule has 0 bridgehead atoms. The van der Waals surface area contributed by atoms with Crippen molar-refractivity contribution in [3.63, 3.8) is 0 Å². The van der Waals surface area contributed by atoms with E-state index in [1.165, 1.54) is 0 Å². The highest BCUT2D eigenvalue weighted by Crippen LogP contribution is 2.47. The van der Waals surface area contributed by atoms with E-state index in [4.69, 9.17) is 19.9 Å². The van der Waals surface area contributed by atoms with Crippen LogP contribution in [0.3, 0.4) is 0 Å². The van der Waals surface area contributed by atoms with Crippen LogP contribution in [0.2, 0.25) is 0 Å². The highest BCUT2D eigenvalue weighted by atomic mass is 16.5. The lowest BCUT2D eigenvalue weighted by Crippen LogP contribution is -2.01. The number of aromatic nitrogens is 1. The predicted molar refractivity (Wildman–Crippen MR) is 93.2 cm³/mol. The highest BCUT2D eigenvalue weighted by molar-refractivity contribution is 5.89. The van der Waals surface area contributed by atoms with E-state index in [0.717, 1.165) is 28.0 Å². The van der Waals surface area contributed by atoms with Gasteiger partial charge in [0.15, 0.2) is 11.5 Å². The van der Waals surface area contributed by atoms with Gasteiger partial charge in [0.2, 0.25) is 5.75 Å². The molecule has 6 heteroatoms. The summed E-state index contributed by atoms with van der Waals surface area (Å²) in [5.41, 5.74) is 10.1. The molecule has 1 aromatic carbocycles. The summed E-state index contributed by atoms with van der Waals surface area (Å²) in [6.07, 6.45) is 0. The summed E-state index contributed by atoms with van der Waals surface area (Å²) < 4.78 is 16.3. The molecule has 0 aliphatic heterocycles. The Morgan fingerprint density at radius 3 is 2.33 bits per heavy atom. The second-order valence-electron chi connectivity index (χ2n) is 5.21. The Bertz CT molecular complexity index is 816. The van der Waals surface area contributed by atoms with Crippen LogP contribution in [-0.2, 0) is 6.54 Å². The second kappa shape index (κ2) is 7.11. The lowest BCUT2D eigenvalue weighted by atomic mass is 9.95. The minimum Gasteiger partial charge on any atom is -0.493 e. The number of aromatic amines is 1. The van der Waals surface area contributed by atoms with Crippen LogP contribution in [0, 0.1) is 11.3 Å². The summed E-state index contributed by atoms with van der Waals surface area (Å²) in [7, 11) is 4.67. The monoisotopic (exact) mass is 327 g/mol. The van der Waals surface area contributed by atoms with Gasteiger partial charge in [0, 0.05) is 28.9 Å². The first-order chi connectivity index (χ1) is 11.5. The first-order valence-electron chi connectivity index (χ1n) is 7.34. The Hall–Kier alpha value is -2.91. The molecule has 0 radical (unpaired) electrons. The van der Waals surface area contributed by atoms with Crippen molar-refractivity contribution in [2.45, 2.75) is 13.5 Å². The smallest absolute Gasteiger partial charge is 0.203 e. The second-order valence-corrected chi connectivity index (χ2v) is 5.21. The number of nitrogens with one attached hydrogen (secondary N) is 1. The molecule has 1 aromatic heterocycles. The van der Waals surface area contributed by atoms with Gasteiger partial charge in [-0.05, 0) is 24.6 Å². The van der Waals surface area contributed by atoms with Gasteiger partial charge < -0.3 is 24.9 Å². The molecule has 0 saturated carbocycles. The third-order valence-corrected chi connectivity index (χ3v) is 3.79. The van der Waals surface area contributed by atoms with Crippen LogP contribution in [-0.4, -0.2) is 26.3 Å². The molecule has 0 unspecified atom stereocenters. The van der Waals surface area contributed by atoms with Gasteiger partial charge in [0.05, 0.1) is 21.3 Å². The Labute approximate surface area is 141 Å². The van der Waals surface area contributed by atoms with Crippen LogP contribution in [0.15, 0.2) is 18.7 Å². The molecule has 6 nitrogen and oxygen atoms in total. The number of nitriles is 1. The molecule has 1 heterocycles. The molecule has 2 aromatic rings. The van der Waals surface area contributed by atoms with Crippen molar-refractivity contribution >= 4 is 5.57 Å².